The van der Waals surface area contributed by atoms with E-state index >= 15 is 0 Å². The predicted octanol–water partition coefficient (Wildman–Crippen LogP) is 0.438. The van der Waals surface area contributed by atoms with E-state index in [2.05, 4.69) is 0 Å². The molecule has 2 rings (SSSR count). The normalized spacial score (nSPS) is 42.5. The summed E-state index contributed by atoms with van der Waals surface area (Å²) in [6.45, 7) is 3.60. The Hall–Kier alpha value is -0.320. The van der Waals surface area contributed by atoms with Crippen LogP contribution in [-0.4, -0.2) is 41.2 Å². The van der Waals surface area contributed by atoms with Crippen molar-refractivity contribution in [3.63, 3.8) is 0 Å². The van der Waals surface area contributed by atoms with E-state index in [9.17, 15) is 5.11 Å². The number of hydrogen-bond donors (Lipinski definition) is 1. The predicted molar refractivity (Wildman–Crippen MR) is 52.8 cm³/mol. The van der Waals surface area contributed by atoms with Gasteiger partial charge in [-0.25, -0.2) is 0 Å². The van der Waals surface area contributed by atoms with Gasteiger partial charge in [0.25, 0.3) is 0 Å². The summed E-state index contributed by atoms with van der Waals surface area (Å²) >= 11 is 1.09. The maximum Gasteiger partial charge on any atom is 0.184 e. The van der Waals surface area contributed by atoms with Gasteiger partial charge in [0.15, 0.2) is 12.1 Å². The third-order valence-corrected chi connectivity index (χ3v) is 3.06. The number of rotatable bonds is 2. The van der Waals surface area contributed by atoms with Gasteiger partial charge in [-0.3, -0.25) is 0 Å². The van der Waals surface area contributed by atoms with Crippen molar-refractivity contribution >= 4 is 11.8 Å². The van der Waals surface area contributed by atoms with Crippen LogP contribution in [0.5, 0.6) is 0 Å². The minimum Gasteiger partial charge on any atom is -0.366 e. The highest BCUT2D eigenvalue weighted by Crippen LogP contribution is 2.38. The molecule has 0 amide bonds. The molecule has 0 aromatic rings. The molecule has 0 radical (unpaired) electrons. The number of ether oxygens (including phenoxy) is 3. The first kappa shape index (κ1) is 11.2. The van der Waals surface area contributed by atoms with Crippen LogP contribution < -0.4 is 0 Å². The van der Waals surface area contributed by atoms with Crippen molar-refractivity contribution in [2.24, 2.45) is 0 Å². The molecule has 4 atom stereocenters. The van der Waals surface area contributed by atoms with Gasteiger partial charge in [-0.2, -0.15) is 5.26 Å². The first-order chi connectivity index (χ1) is 7.03. The molecule has 15 heavy (non-hydrogen) atoms. The van der Waals surface area contributed by atoms with Crippen LogP contribution in [-0.2, 0) is 14.2 Å². The Kier molecular flexibility index (Phi) is 2.92. The zero-order chi connectivity index (χ0) is 11.1. The Balaban J connectivity index is 2.03. The molecule has 2 aliphatic rings. The van der Waals surface area contributed by atoms with Gasteiger partial charge in [0.05, 0.1) is 6.10 Å². The van der Waals surface area contributed by atoms with Crippen molar-refractivity contribution in [1.82, 2.24) is 0 Å². The summed E-state index contributed by atoms with van der Waals surface area (Å²) in [7, 11) is 0. The molecular weight excluding hydrogens is 218 g/mol. The van der Waals surface area contributed by atoms with Crippen LogP contribution in [0.25, 0.3) is 0 Å². The Bertz CT molecular complexity index is 290. The van der Waals surface area contributed by atoms with Crippen molar-refractivity contribution in [2.45, 2.75) is 44.2 Å². The van der Waals surface area contributed by atoms with E-state index in [-0.39, 0.29) is 12.2 Å². The molecule has 0 aromatic carbocycles. The molecule has 0 saturated carbocycles. The first-order valence-electron chi connectivity index (χ1n) is 4.73. The van der Waals surface area contributed by atoms with Crippen LogP contribution in [0, 0.1) is 10.7 Å². The zero-order valence-corrected chi connectivity index (χ0v) is 9.36. The molecule has 0 unspecified atom stereocenters. The maximum absolute atomic E-state index is 9.58. The van der Waals surface area contributed by atoms with Crippen LogP contribution in [0.1, 0.15) is 13.8 Å². The summed E-state index contributed by atoms with van der Waals surface area (Å²) in [6.07, 6.45) is -1.96. The molecule has 0 aromatic heterocycles. The fourth-order valence-corrected chi connectivity index (χ4v) is 2.42. The van der Waals surface area contributed by atoms with Crippen molar-refractivity contribution in [2.75, 3.05) is 5.75 Å². The topological polar surface area (TPSA) is 71.7 Å². The molecule has 5 nitrogen and oxygen atoms in total. The highest BCUT2D eigenvalue weighted by atomic mass is 32.2. The number of aliphatic hydroxyl groups excluding tert-OH is 1. The van der Waals surface area contributed by atoms with Crippen molar-refractivity contribution in [1.29, 1.82) is 5.26 Å². The first-order valence-corrected chi connectivity index (χ1v) is 5.72. The number of fused-ring (bicyclic) bond motifs is 1. The Morgan fingerprint density at radius 3 is 2.73 bits per heavy atom. The molecule has 0 bridgehead atoms. The molecular formula is C9H13NO4S. The van der Waals surface area contributed by atoms with E-state index in [1.165, 1.54) is 0 Å². The fraction of sp³-hybridized carbons (Fsp3) is 0.889. The minimum atomic E-state index is -0.957. The second-order valence-electron chi connectivity index (χ2n) is 4.03. The van der Waals surface area contributed by atoms with Crippen LogP contribution in [0.15, 0.2) is 0 Å². The molecule has 84 valence electrons. The maximum atomic E-state index is 9.58. The summed E-state index contributed by atoms with van der Waals surface area (Å²) in [4.78, 5) is 0. The molecule has 1 N–H and O–H groups in total. The molecule has 2 heterocycles. The second kappa shape index (κ2) is 3.92. The quantitative estimate of drug-likeness (QED) is 0.695. The van der Waals surface area contributed by atoms with Gasteiger partial charge in [-0.1, -0.05) is 0 Å². The lowest BCUT2D eigenvalue weighted by molar-refractivity contribution is -0.217. The summed E-state index contributed by atoms with van der Waals surface area (Å²) in [5, 5.41) is 20.0. The van der Waals surface area contributed by atoms with E-state index in [1.807, 2.05) is 5.40 Å². The summed E-state index contributed by atoms with van der Waals surface area (Å²) < 4.78 is 16.4. The zero-order valence-electron chi connectivity index (χ0n) is 8.54. The number of aliphatic hydroxyl groups is 1. The lowest BCUT2D eigenvalue weighted by Crippen LogP contribution is -2.31. The van der Waals surface area contributed by atoms with Crippen LogP contribution in [0.2, 0.25) is 0 Å². The Morgan fingerprint density at radius 2 is 2.07 bits per heavy atom. The van der Waals surface area contributed by atoms with Crippen LogP contribution in [0.4, 0.5) is 0 Å². The second-order valence-corrected chi connectivity index (χ2v) is 4.84. The van der Waals surface area contributed by atoms with Crippen molar-refractivity contribution in [3.8, 4) is 5.40 Å². The van der Waals surface area contributed by atoms with Gasteiger partial charge in [-0.05, 0) is 25.6 Å². The standard InChI is InChI=1S/C9H13NO4S/c1-9(2)13-6-5(3-15-4-10)12-8(11)7(6)14-9/h5-8,11H,3H2,1-2H3/t5-,6-,7-,8+/m1/s1. The number of thioether (sulfide) groups is 1. The smallest absolute Gasteiger partial charge is 0.184 e. The Labute approximate surface area is 92.3 Å². The van der Waals surface area contributed by atoms with Gasteiger partial charge >= 0.3 is 0 Å². The number of thiocyanates is 1. The van der Waals surface area contributed by atoms with Gasteiger partial charge < -0.3 is 19.3 Å². The average Bonchev–Trinajstić information content (AvgIpc) is 2.60. The van der Waals surface area contributed by atoms with Crippen LogP contribution in [0.3, 0.4) is 0 Å². The Morgan fingerprint density at radius 1 is 1.40 bits per heavy atom. The molecule has 0 aliphatic carbocycles. The summed E-state index contributed by atoms with van der Waals surface area (Å²) in [5.74, 6) is -0.205. The summed E-state index contributed by atoms with van der Waals surface area (Å²) in [6, 6.07) is 0. The third-order valence-electron chi connectivity index (χ3n) is 2.44. The molecule has 0 spiro atoms. The third kappa shape index (κ3) is 2.12. The van der Waals surface area contributed by atoms with Crippen molar-refractivity contribution in [3.05, 3.63) is 0 Å². The molecule has 2 saturated heterocycles. The highest BCUT2D eigenvalue weighted by Gasteiger charge is 2.54. The monoisotopic (exact) mass is 231 g/mol. The van der Waals surface area contributed by atoms with E-state index < -0.39 is 18.2 Å². The van der Waals surface area contributed by atoms with E-state index in [4.69, 9.17) is 19.5 Å². The van der Waals surface area contributed by atoms with E-state index in [0.717, 1.165) is 11.8 Å². The SMILES string of the molecule is CC1(C)O[C@@H]2[C@H](O1)[C@@H](CSC#N)O[C@@H]2O. The van der Waals surface area contributed by atoms with Gasteiger partial charge in [-0.15, -0.1) is 0 Å². The van der Waals surface area contributed by atoms with Gasteiger partial charge in [0.1, 0.15) is 17.6 Å². The fourth-order valence-electron chi connectivity index (χ4n) is 1.91. The number of hydrogen-bond acceptors (Lipinski definition) is 6. The molecule has 6 heteroatoms. The average molecular weight is 231 g/mol. The van der Waals surface area contributed by atoms with E-state index in [0.29, 0.717) is 5.75 Å². The van der Waals surface area contributed by atoms with Gasteiger partial charge in [0.2, 0.25) is 0 Å². The summed E-state index contributed by atoms with van der Waals surface area (Å²) in [5.41, 5.74) is 0. The highest BCUT2D eigenvalue weighted by molar-refractivity contribution is 8.03. The van der Waals surface area contributed by atoms with E-state index in [1.54, 1.807) is 13.8 Å². The number of nitrogens with zero attached hydrogens (tertiary/aromatic N) is 1. The molecule has 2 fully saturated rings. The lowest BCUT2D eigenvalue weighted by atomic mass is 10.2. The van der Waals surface area contributed by atoms with Gasteiger partial charge in [0, 0.05) is 5.75 Å². The molecule has 2 aliphatic heterocycles. The van der Waals surface area contributed by atoms with Crippen LogP contribution >= 0.6 is 11.8 Å². The van der Waals surface area contributed by atoms with Crippen molar-refractivity contribution < 1.29 is 19.3 Å². The minimum absolute atomic E-state index is 0.281. The number of nitriles is 1. The lowest BCUT2D eigenvalue weighted by Gasteiger charge is -2.21. The largest absolute Gasteiger partial charge is 0.366 e.